The lowest BCUT2D eigenvalue weighted by molar-refractivity contribution is 0.549. The predicted octanol–water partition coefficient (Wildman–Crippen LogP) is 5.81. The van der Waals surface area contributed by atoms with Crippen LogP contribution in [0.25, 0.3) is 10.2 Å². The molecule has 0 radical (unpaired) electrons. The highest BCUT2D eigenvalue weighted by atomic mass is 35.5. The lowest BCUT2D eigenvalue weighted by Crippen LogP contribution is -2.28. The highest BCUT2D eigenvalue weighted by Gasteiger charge is 2.22. The number of nitrogens with one attached hydrogen (secondary N) is 1. The quantitative estimate of drug-likeness (QED) is 0.348. The molecule has 0 saturated heterocycles. The van der Waals surface area contributed by atoms with Gasteiger partial charge < -0.3 is 0 Å². The Morgan fingerprint density at radius 2 is 1.76 bits per heavy atom. The fourth-order valence-corrected chi connectivity index (χ4v) is 6.43. The van der Waals surface area contributed by atoms with Crippen LogP contribution in [0.15, 0.2) is 70.4 Å². The molecule has 0 unspecified atom stereocenters. The molecule has 0 aliphatic rings. The van der Waals surface area contributed by atoms with Gasteiger partial charge in [0.25, 0.3) is 0 Å². The first-order valence-electron chi connectivity index (χ1n) is 10.7. The van der Waals surface area contributed by atoms with Crippen LogP contribution in [0.3, 0.4) is 0 Å². The summed E-state index contributed by atoms with van der Waals surface area (Å²) in [5, 5.41) is 0.634. The Hall–Kier alpha value is -2.45. The number of sulfonamides is 1. The highest BCUT2D eigenvalue weighted by molar-refractivity contribution is 7.89. The molecule has 0 spiro atoms. The first-order valence-corrected chi connectivity index (χ1v) is 13.3. The molecule has 3 aromatic carbocycles. The number of nitrogens with zero attached hydrogens (tertiary/aromatic N) is 1. The topological polar surface area (TPSA) is 68.2 Å². The third-order valence-electron chi connectivity index (χ3n) is 5.71. The summed E-state index contributed by atoms with van der Waals surface area (Å²) in [4.78, 5) is 12.7. The maximum absolute atomic E-state index is 13.2. The van der Waals surface area contributed by atoms with Gasteiger partial charge >= 0.3 is 4.87 Å². The minimum absolute atomic E-state index is 0.135. The number of benzene rings is 3. The van der Waals surface area contributed by atoms with Crippen molar-refractivity contribution in [3.63, 3.8) is 0 Å². The number of aryl methyl sites for hydroxylation is 2. The minimum Gasteiger partial charge on any atom is -0.294 e. The largest absolute Gasteiger partial charge is 0.308 e. The fourth-order valence-electron chi connectivity index (χ4n) is 3.97. The van der Waals surface area contributed by atoms with Gasteiger partial charge in [0.05, 0.1) is 21.7 Å². The molecule has 1 N–H and O–H groups in total. The molecule has 4 rings (SSSR count). The Morgan fingerprint density at radius 3 is 2.42 bits per heavy atom. The van der Waals surface area contributed by atoms with E-state index in [1.54, 1.807) is 34.9 Å². The normalized spacial score (nSPS) is 12.8. The van der Waals surface area contributed by atoms with Crippen LogP contribution in [0.2, 0.25) is 5.02 Å². The van der Waals surface area contributed by atoms with Gasteiger partial charge in [0, 0.05) is 11.1 Å². The van der Waals surface area contributed by atoms with Crippen molar-refractivity contribution in [2.45, 2.75) is 44.7 Å². The summed E-state index contributed by atoms with van der Waals surface area (Å²) in [7, 11) is -3.77. The van der Waals surface area contributed by atoms with Crippen molar-refractivity contribution in [1.82, 2.24) is 9.29 Å². The summed E-state index contributed by atoms with van der Waals surface area (Å²) >= 11 is 7.00. The number of thiazole rings is 1. The zero-order valence-corrected chi connectivity index (χ0v) is 21.0. The van der Waals surface area contributed by atoms with E-state index < -0.39 is 10.0 Å². The molecule has 0 aliphatic heterocycles. The number of rotatable bonds is 7. The molecule has 4 aromatic rings. The van der Waals surface area contributed by atoms with E-state index in [1.165, 1.54) is 0 Å². The summed E-state index contributed by atoms with van der Waals surface area (Å²) in [5.74, 6) is 0. The molecule has 8 heteroatoms. The van der Waals surface area contributed by atoms with E-state index in [1.807, 2.05) is 45.0 Å². The van der Waals surface area contributed by atoms with Gasteiger partial charge in [0.1, 0.15) is 0 Å². The van der Waals surface area contributed by atoms with Crippen LogP contribution in [-0.4, -0.2) is 13.0 Å². The van der Waals surface area contributed by atoms with Crippen LogP contribution in [0.1, 0.15) is 41.6 Å². The molecule has 0 aliphatic carbocycles. The van der Waals surface area contributed by atoms with Crippen molar-refractivity contribution >= 4 is 43.2 Å². The van der Waals surface area contributed by atoms with Crippen LogP contribution in [0.5, 0.6) is 0 Å². The first-order chi connectivity index (χ1) is 15.7. The molecule has 0 fully saturated rings. The molecule has 0 bridgehead atoms. The molecular formula is C25H25ClN2O3S2. The van der Waals surface area contributed by atoms with Gasteiger partial charge in [-0.2, -0.15) is 0 Å². The van der Waals surface area contributed by atoms with Crippen molar-refractivity contribution in [1.29, 1.82) is 0 Å². The second-order valence-electron chi connectivity index (χ2n) is 8.15. The lowest BCUT2D eigenvalue weighted by atomic mass is 9.98. The Bertz CT molecular complexity index is 1470. The van der Waals surface area contributed by atoms with E-state index in [9.17, 15) is 13.2 Å². The maximum Gasteiger partial charge on any atom is 0.308 e. The van der Waals surface area contributed by atoms with Crippen LogP contribution >= 0.6 is 22.9 Å². The van der Waals surface area contributed by atoms with E-state index in [4.69, 9.17) is 11.6 Å². The second-order valence-corrected chi connectivity index (χ2v) is 11.3. The Kier molecular flexibility index (Phi) is 6.77. The Morgan fingerprint density at radius 1 is 1.03 bits per heavy atom. The van der Waals surface area contributed by atoms with E-state index >= 15 is 0 Å². The van der Waals surface area contributed by atoms with Crippen LogP contribution in [-0.2, 0) is 16.6 Å². The number of hydrogen-bond donors (Lipinski definition) is 1. The molecule has 1 aromatic heterocycles. The summed E-state index contributed by atoms with van der Waals surface area (Å²) in [6, 6.07) is 17.9. The van der Waals surface area contributed by atoms with Crippen LogP contribution in [0, 0.1) is 13.8 Å². The van der Waals surface area contributed by atoms with E-state index in [0.29, 0.717) is 28.2 Å². The van der Waals surface area contributed by atoms with Crippen molar-refractivity contribution in [3.05, 3.63) is 97.6 Å². The van der Waals surface area contributed by atoms with Crippen molar-refractivity contribution < 1.29 is 8.42 Å². The SMILES string of the molecule is CC[C@H](NS(=O)(=O)c1ccc2c(c1)sc(=O)n2Cc1ccc(Cl)cc1)c1ccc(C)cc1C. The molecule has 5 nitrogen and oxygen atoms in total. The second kappa shape index (κ2) is 9.43. The standard InChI is InChI=1S/C25H25ClN2O3S2/c1-4-22(21-11-5-16(2)13-17(21)3)27-33(30,31)20-10-12-23-24(14-20)32-25(29)28(23)15-18-6-8-19(26)9-7-18/h5-14,22,27H,4,15H2,1-3H3/t22-/m0/s1. The third-order valence-corrected chi connectivity index (χ3v) is 8.37. The highest BCUT2D eigenvalue weighted by Crippen LogP contribution is 2.27. The third kappa shape index (κ3) is 5.06. The van der Waals surface area contributed by atoms with Crippen LogP contribution < -0.4 is 9.60 Å². The number of halogens is 1. The average Bonchev–Trinajstić information content (AvgIpc) is 3.08. The number of fused-ring (bicyclic) bond motifs is 1. The predicted molar refractivity (Wildman–Crippen MR) is 136 cm³/mol. The zero-order chi connectivity index (χ0) is 23.8. The molecule has 172 valence electrons. The summed E-state index contributed by atoms with van der Waals surface area (Å²) in [5.41, 5.74) is 4.81. The van der Waals surface area contributed by atoms with Gasteiger partial charge in [-0.25, -0.2) is 13.1 Å². The molecule has 33 heavy (non-hydrogen) atoms. The molecular weight excluding hydrogens is 476 g/mol. The van der Waals surface area contributed by atoms with Crippen molar-refractivity contribution in [3.8, 4) is 0 Å². The Balaban J connectivity index is 1.65. The monoisotopic (exact) mass is 500 g/mol. The maximum atomic E-state index is 13.2. The fraction of sp³-hybridized carbons (Fsp3) is 0.240. The number of hydrogen-bond acceptors (Lipinski definition) is 4. The average molecular weight is 501 g/mol. The number of aromatic nitrogens is 1. The molecule has 1 atom stereocenters. The summed E-state index contributed by atoms with van der Waals surface area (Å²) in [6.07, 6.45) is 0.621. The molecule has 0 saturated carbocycles. The van der Waals surface area contributed by atoms with E-state index in [2.05, 4.69) is 10.8 Å². The van der Waals surface area contributed by atoms with Gasteiger partial charge in [0.15, 0.2) is 0 Å². The van der Waals surface area contributed by atoms with Crippen molar-refractivity contribution in [2.75, 3.05) is 0 Å². The molecule has 0 amide bonds. The summed E-state index contributed by atoms with van der Waals surface area (Å²) < 4.78 is 31.5. The van der Waals surface area contributed by atoms with Gasteiger partial charge in [-0.1, -0.05) is 65.8 Å². The van der Waals surface area contributed by atoms with Gasteiger partial charge in [-0.15, -0.1) is 0 Å². The summed E-state index contributed by atoms with van der Waals surface area (Å²) in [6.45, 7) is 6.36. The minimum atomic E-state index is -3.77. The van der Waals surface area contributed by atoms with Gasteiger partial charge in [-0.05, 0) is 67.3 Å². The van der Waals surface area contributed by atoms with Gasteiger partial charge in [0.2, 0.25) is 10.0 Å². The first kappa shape index (κ1) is 23.7. The van der Waals surface area contributed by atoms with Crippen molar-refractivity contribution in [2.24, 2.45) is 0 Å². The van der Waals surface area contributed by atoms with E-state index in [-0.39, 0.29) is 15.8 Å². The van der Waals surface area contributed by atoms with Gasteiger partial charge in [-0.3, -0.25) is 9.36 Å². The zero-order valence-electron chi connectivity index (χ0n) is 18.6. The lowest BCUT2D eigenvalue weighted by Gasteiger charge is -2.20. The smallest absolute Gasteiger partial charge is 0.294 e. The molecule has 1 heterocycles. The van der Waals surface area contributed by atoms with E-state index in [0.717, 1.165) is 33.6 Å². The van der Waals surface area contributed by atoms with Crippen LogP contribution in [0.4, 0.5) is 0 Å². The Labute approximate surface area is 202 Å².